The minimum atomic E-state index is -0.190. The Labute approximate surface area is 106 Å². The lowest BCUT2D eigenvalue weighted by Gasteiger charge is -2.18. The van der Waals surface area contributed by atoms with Gasteiger partial charge in [0.15, 0.2) is 0 Å². The van der Waals surface area contributed by atoms with E-state index in [4.69, 9.17) is 16.3 Å². The van der Waals surface area contributed by atoms with Gasteiger partial charge in [0, 0.05) is 23.6 Å². The van der Waals surface area contributed by atoms with Gasteiger partial charge in [0.2, 0.25) is 0 Å². The number of nitrogens with two attached hydrogens (primary N) is 2. The van der Waals surface area contributed by atoms with Crippen LogP contribution in [0.25, 0.3) is 0 Å². The van der Waals surface area contributed by atoms with Crippen molar-refractivity contribution < 1.29 is 4.74 Å². The third-order valence-corrected chi connectivity index (χ3v) is 2.81. The largest absolute Gasteiger partial charge is 0.497 e. The van der Waals surface area contributed by atoms with Crippen LogP contribution in [-0.2, 0) is 0 Å². The molecule has 1 heterocycles. The third-order valence-electron chi connectivity index (χ3n) is 2.81. The van der Waals surface area contributed by atoms with Crippen LogP contribution in [0.15, 0.2) is 42.7 Å². The van der Waals surface area contributed by atoms with Crippen molar-refractivity contribution in [3.05, 3.63) is 53.9 Å². The Morgan fingerprint density at radius 3 is 2.50 bits per heavy atom. The molecule has 18 heavy (non-hydrogen) atoms. The summed E-state index contributed by atoms with van der Waals surface area (Å²) in [7, 11) is 1.63. The molecule has 0 saturated carbocycles. The van der Waals surface area contributed by atoms with E-state index in [0.717, 1.165) is 16.9 Å². The number of nitrogens with zero attached hydrogens (tertiary/aromatic N) is 1. The van der Waals surface area contributed by atoms with E-state index >= 15 is 0 Å². The molecule has 5 nitrogen and oxygen atoms in total. The first-order valence-corrected chi connectivity index (χ1v) is 5.55. The number of nitrogen functional groups attached to an aromatic ring is 1. The molecule has 1 unspecified atom stereocenters. The van der Waals surface area contributed by atoms with Gasteiger partial charge in [-0.15, -0.1) is 0 Å². The Balaban J connectivity index is 2.36. The molecular weight excluding hydrogens is 228 g/mol. The quantitative estimate of drug-likeness (QED) is 0.556. The van der Waals surface area contributed by atoms with Gasteiger partial charge < -0.3 is 10.5 Å². The highest BCUT2D eigenvalue weighted by Gasteiger charge is 2.15. The van der Waals surface area contributed by atoms with Crippen molar-refractivity contribution in [3.63, 3.8) is 0 Å². The van der Waals surface area contributed by atoms with Crippen LogP contribution < -0.4 is 21.7 Å². The Bertz CT molecular complexity index is 513. The van der Waals surface area contributed by atoms with E-state index in [-0.39, 0.29) is 6.04 Å². The molecule has 5 N–H and O–H groups in total. The van der Waals surface area contributed by atoms with Crippen LogP contribution in [0.3, 0.4) is 0 Å². The summed E-state index contributed by atoms with van der Waals surface area (Å²) >= 11 is 0. The number of hydrazine groups is 1. The van der Waals surface area contributed by atoms with Crippen molar-refractivity contribution in [1.29, 1.82) is 0 Å². The molecule has 2 aromatic rings. The van der Waals surface area contributed by atoms with Gasteiger partial charge in [-0.05, 0) is 23.8 Å². The van der Waals surface area contributed by atoms with Gasteiger partial charge in [-0.2, -0.15) is 0 Å². The fraction of sp³-hybridized carbons (Fsp3) is 0.154. The molecular formula is C13H16N4O. The van der Waals surface area contributed by atoms with Crippen molar-refractivity contribution in [1.82, 2.24) is 10.4 Å². The lowest BCUT2D eigenvalue weighted by Crippen LogP contribution is -2.29. The smallest absolute Gasteiger partial charge is 0.118 e. The van der Waals surface area contributed by atoms with Gasteiger partial charge in [-0.1, -0.05) is 12.1 Å². The number of hydrogen-bond donors (Lipinski definition) is 3. The molecule has 0 radical (unpaired) electrons. The highest BCUT2D eigenvalue weighted by molar-refractivity contribution is 5.49. The number of ether oxygens (including phenoxy) is 1. The predicted octanol–water partition coefficient (Wildman–Crippen LogP) is 1.23. The molecule has 0 bridgehead atoms. The normalized spacial score (nSPS) is 12.1. The van der Waals surface area contributed by atoms with E-state index in [1.165, 1.54) is 0 Å². The Hall–Kier alpha value is -2.11. The third kappa shape index (κ3) is 2.42. The predicted molar refractivity (Wildman–Crippen MR) is 70.8 cm³/mol. The summed E-state index contributed by atoms with van der Waals surface area (Å²) in [4.78, 5) is 4.07. The van der Waals surface area contributed by atoms with Crippen molar-refractivity contribution in [3.8, 4) is 5.75 Å². The van der Waals surface area contributed by atoms with Gasteiger partial charge in [0.05, 0.1) is 13.2 Å². The van der Waals surface area contributed by atoms with E-state index in [9.17, 15) is 0 Å². The molecule has 94 valence electrons. The summed E-state index contributed by atoms with van der Waals surface area (Å²) in [5.41, 5.74) is 11.2. The zero-order chi connectivity index (χ0) is 13.0. The van der Waals surface area contributed by atoms with E-state index in [1.54, 1.807) is 25.6 Å². The second-order valence-corrected chi connectivity index (χ2v) is 3.88. The molecule has 5 heteroatoms. The van der Waals surface area contributed by atoms with Gasteiger partial charge in [-0.3, -0.25) is 10.8 Å². The Morgan fingerprint density at radius 1 is 1.22 bits per heavy atom. The highest BCUT2D eigenvalue weighted by Crippen LogP contribution is 2.26. The summed E-state index contributed by atoms with van der Waals surface area (Å²) in [5.74, 6) is 6.41. The molecule has 0 spiro atoms. The maximum Gasteiger partial charge on any atom is 0.118 e. The van der Waals surface area contributed by atoms with E-state index in [1.807, 2.05) is 24.3 Å². The van der Waals surface area contributed by atoms with Crippen LogP contribution in [0, 0.1) is 0 Å². The van der Waals surface area contributed by atoms with Crippen molar-refractivity contribution in [2.75, 3.05) is 12.8 Å². The topological polar surface area (TPSA) is 86.2 Å². The number of benzene rings is 1. The van der Waals surface area contributed by atoms with Crippen LogP contribution in [0.5, 0.6) is 5.75 Å². The monoisotopic (exact) mass is 244 g/mol. The van der Waals surface area contributed by atoms with Crippen LogP contribution in [0.4, 0.5) is 5.69 Å². The fourth-order valence-electron chi connectivity index (χ4n) is 1.82. The second-order valence-electron chi connectivity index (χ2n) is 3.88. The maximum atomic E-state index is 5.93. The Kier molecular flexibility index (Phi) is 3.76. The van der Waals surface area contributed by atoms with E-state index < -0.39 is 0 Å². The number of nitrogens with one attached hydrogen (secondary N) is 1. The highest BCUT2D eigenvalue weighted by atomic mass is 16.5. The molecule has 0 aliphatic heterocycles. The molecule has 0 aliphatic carbocycles. The molecule has 0 saturated heterocycles. The summed E-state index contributed by atoms with van der Waals surface area (Å²) in [6.07, 6.45) is 3.37. The lowest BCUT2D eigenvalue weighted by molar-refractivity contribution is 0.414. The standard InChI is InChI=1S/C13H16N4O/c1-18-10-4-2-9(3-5-10)13(17-15)11-8-16-7-6-12(11)14/h2-8,13,17H,15H2,1H3,(H2,14,16). The van der Waals surface area contributed by atoms with Gasteiger partial charge in [0.1, 0.15) is 5.75 Å². The van der Waals surface area contributed by atoms with Crippen molar-refractivity contribution in [2.45, 2.75) is 6.04 Å². The first-order chi connectivity index (χ1) is 8.76. The summed E-state index contributed by atoms with van der Waals surface area (Å²) in [6, 6.07) is 9.21. The number of pyridine rings is 1. The van der Waals surface area contributed by atoms with Crippen molar-refractivity contribution >= 4 is 5.69 Å². The fourth-order valence-corrected chi connectivity index (χ4v) is 1.82. The molecule has 1 aromatic carbocycles. The first-order valence-electron chi connectivity index (χ1n) is 5.55. The average molecular weight is 244 g/mol. The van der Waals surface area contributed by atoms with Crippen LogP contribution >= 0.6 is 0 Å². The SMILES string of the molecule is COc1ccc(C(NN)c2cnccc2N)cc1. The van der Waals surface area contributed by atoms with Gasteiger partial charge in [-0.25, -0.2) is 5.43 Å². The number of anilines is 1. The van der Waals surface area contributed by atoms with Crippen LogP contribution in [0.1, 0.15) is 17.2 Å². The van der Waals surface area contributed by atoms with Crippen LogP contribution in [-0.4, -0.2) is 12.1 Å². The minimum absolute atomic E-state index is 0.190. The minimum Gasteiger partial charge on any atom is -0.497 e. The molecule has 0 fully saturated rings. The number of rotatable bonds is 4. The van der Waals surface area contributed by atoms with Gasteiger partial charge in [0.25, 0.3) is 0 Å². The Morgan fingerprint density at radius 2 is 1.94 bits per heavy atom. The second kappa shape index (κ2) is 5.48. The van der Waals surface area contributed by atoms with Crippen LogP contribution in [0.2, 0.25) is 0 Å². The molecule has 2 rings (SSSR count). The van der Waals surface area contributed by atoms with E-state index in [2.05, 4.69) is 10.4 Å². The molecule has 1 atom stereocenters. The first kappa shape index (κ1) is 12.3. The summed E-state index contributed by atoms with van der Waals surface area (Å²) in [6.45, 7) is 0. The van der Waals surface area contributed by atoms with E-state index in [0.29, 0.717) is 5.69 Å². The summed E-state index contributed by atoms with van der Waals surface area (Å²) < 4.78 is 5.12. The molecule has 1 aromatic heterocycles. The molecule has 0 amide bonds. The maximum absolute atomic E-state index is 5.93. The number of hydrogen-bond acceptors (Lipinski definition) is 5. The zero-order valence-electron chi connectivity index (χ0n) is 10.1. The number of methoxy groups -OCH3 is 1. The lowest BCUT2D eigenvalue weighted by atomic mass is 9.99. The number of aromatic nitrogens is 1. The zero-order valence-corrected chi connectivity index (χ0v) is 10.1. The van der Waals surface area contributed by atoms with Crippen molar-refractivity contribution in [2.24, 2.45) is 5.84 Å². The average Bonchev–Trinajstić information content (AvgIpc) is 2.42. The van der Waals surface area contributed by atoms with Gasteiger partial charge >= 0.3 is 0 Å². The summed E-state index contributed by atoms with van der Waals surface area (Å²) in [5, 5.41) is 0. The molecule has 0 aliphatic rings.